The third-order valence-electron chi connectivity index (χ3n) is 4.20. The smallest absolute Gasteiger partial charge is 0.262 e. The fourth-order valence-electron chi connectivity index (χ4n) is 2.60. The number of hydrogen-bond donors (Lipinski definition) is 2. The molecule has 3 aromatic carbocycles. The molecule has 0 spiro atoms. The Morgan fingerprint density at radius 3 is 2.48 bits per heavy atom. The number of nitriles is 1. The van der Waals surface area contributed by atoms with Gasteiger partial charge in [-0.15, -0.1) is 0 Å². The van der Waals surface area contributed by atoms with Gasteiger partial charge in [-0.25, -0.2) is 8.42 Å². The number of hydrogen-bond acceptors (Lipinski definition) is 5. The summed E-state index contributed by atoms with van der Waals surface area (Å²) >= 11 is 6.04. The van der Waals surface area contributed by atoms with Gasteiger partial charge in [0.25, 0.3) is 15.9 Å². The van der Waals surface area contributed by atoms with Gasteiger partial charge < -0.3 is 10.1 Å². The standard InChI is InChI=1S/C22H18ClN3O4S/c1-15-5-6-18(12-21(15)23)26-31(28,29)20-9-7-19(8-10-20)30-14-22(27)25-17-4-2-3-16(11-17)13-24/h2-12,26H,14H2,1H3,(H,25,27). The minimum absolute atomic E-state index is 0.0364. The van der Waals surface area contributed by atoms with Crippen LogP contribution in [-0.4, -0.2) is 20.9 Å². The molecule has 2 N–H and O–H groups in total. The first-order chi connectivity index (χ1) is 14.8. The summed E-state index contributed by atoms with van der Waals surface area (Å²) < 4.78 is 33.0. The number of halogens is 1. The number of rotatable bonds is 7. The first-order valence-electron chi connectivity index (χ1n) is 9.09. The van der Waals surface area contributed by atoms with Crippen LogP contribution in [0.2, 0.25) is 5.02 Å². The maximum absolute atomic E-state index is 12.5. The predicted octanol–water partition coefficient (Wildman–Crippen LogP) is 4.34. The van der Waals surface area contributed by atoms with Crippen molar-refractivity contribution in [2.75, 3.05) is 16.6 Å². The van der Waals surface area contributed by atoms with E-state index in [1.807, 2.05) is 13.0 Å². The highest BCUT2D eigenvalue weighted by molar-refractivity contribution is 7.92. The van der Waals surface area contributed by atoms with Gasteiger partial charge in [0, 0.05) is 10.7 Å². The molecule has 0 aliphatic heterocycles. The number of benzene rings is 3. The Bertz CT molecular complexity index is 1250. The van der Waals surface area contributed by atoms with Crippen molar-refractivity contribution in [1.29, 1.82) is 5.26 Å². The van der Waals surface area contributed by atoms with Gasteiger partial charge in [-0.2, -0.15) is 5.26 Å². The number of amides is 1. The summed E-state index contributed by atoms with van der Waals surface area (Å²) in [5, 5.41) is 12.0. The fraction of sp³-hybridized carbons (Fsp3) is 0.0909. The molecular weight excluding hydrogens is 438 g/mol. The van der Waals surface area contributed by atoms with Gasteiger partial charge in [0.1, 0.15) is 5.75 Å². The minimum Gasteiger partial charge on any atom is -0.484 e. The van der Waals surface area contributed by atoms with Crippen LogP contribution in [0.15, 0.2) is 71.6 Å². The van der Waals surface area contributed by atoms with Crippen LogP contribution in [0, 0.1) is 18.3 Å². The van der Waals surface area contributed by atoms with Crippen molar-refractivity contribution < 1.29 is 17.9 Å². The second-order valence-electron chi connectivity index (χ2n) is 6.57. The molecular formula is C22H18ClN3O4S. The molecule has 0 atom stereocenters. The van der Waals surface area contributed by atoms with Crippen LogP contribution in [-0.2, 0) is 14.8 Å². The Kier molecular flexibility index (Phi) is 6.80. The van der Waals surface area contributed by atoms with Crippen molar-refractivity contribution in [3.05, 3.63) is 82.9 Å². The molecule has 9 heteroatoms. The Hall–Kier alpha value is -3.54. The molecule has 158 valence electrons. The Balaban J connectivity index is 1.59. The van der Waals surface area contributed by atoms with Crippen LogP contribution in [0.1, 0.15) is 11.1 Å². The van der Waals surface area contributed by atoms with Crippen LogP contribution in [0.4, 0.5) is 11.4 Å². The van der Waals surface area contributed by atoms with Crippen LogP contribution in [0.5, 0.6) is 5.75 Å². The maximum atomic E-state index is 12.5. The average Bonchev–Trinajstić information content (AvgIpc) is 2.75. The number of sulfonamides is 1. The lowest BCUT2D eigenvalue weighted by Crippen LogP contribution is -2.20. The van der Waals surface area contributed by atoms with Crippen LogP contribution < -0.4 is 14.8 Å². The van der Waals surface area contributed by atoms with Crippen molar-refractivity contribution in [3.8, 4) is 11.8 Å². The number of nitrogens with zero attached hydrogens (tertiary/aromatic N) is 1. The van der Waals surface area contributed by atoms with Crippen molar-refractivity contribution in [3.63, 3.8) is 0 Å². The van der Waals surface area contributed by atoms with Crippen LogP contribution >= 0.6 is 11.6 Å². The lowest BCUT2D eigenvalue weighted by Gasteiger charge is -2.11. The minimum atomic E-state index is -3.81. The second kappa shape index (κ2) is 9.51. The van der Waals surface area contributed by atoms with E-state index in [-0.39, 0.29) is 11.5 Å². The molecule has 7 nitrogen and oxygen atoms in total. The summed E-state index contributed by atoms with van der Waals surface area (Å²) in [4.78, 5) is 12.1. The highest BCUT2D eigenvalue weighted by atomic mass is 35.5. The summed E-state index contributed by atoms with van der Waals surface area (Å²) in [5.41, 5.74) is 2.11. The van der Waals surface area contributed by atoms with Gasteiger partial charge in [0.05, 0.1) is 22.2 Å². The molecule has 1 amide bonds. The van der Waals surface area contributed by atoms with Gasteiger partial charge in [0.15, 0.2) is 6.61 Å². The number of carbonyl (C=O) groups is 1. The van der Waals surface area contributed by atoms with Crippen molar-refractivity contribution in [2.24, 2.45) is 0 Å². The predicted molar refractivity (Wildman–Crippen MR) is 119 cm³/mol. The Labute approximate surface area is 185 Å². The van der Waals surface area contributed by atoms with E-state index in [4.69, 9.17) is 21.6 Å². The lowest BCUT2D eigenvalue weighted by molar-refractivity contribution is -0.118. The Morgan fingerprint density at radius 1 is 1.06 bits per heavy atom. The van der Waals surface area contributed by atoms with Crippen molar-refractivity contribution >= 4 is 38.9 Å². The first kappa shape index (κ1) is 22.2. The molecule has 0 fully saturated rings. The quantitative estimate of drug-likeness (QED) is 0.551. The summed E-state index contributed by atoms with van der Waals surface area (Å²) in [6.45, 7) is 1.55. The van der Waals surface area contributed by atoms with Gasteiger partial charge in [0.2, 0.25) is 0 Å². The largest absolute Gasteiger partial charge is 0.484 e. The van der Waals surface area contributed by atoms with Crippen LogP contribution in [0.3, 0.4) is 0 Å². The molecule has 31 heavy (non-hydrogen) atoms. The zero-order valence-corrected chi connectivity index (χ0v) is 18.0. The van der Waals surface area contributed by atoms with Crippen LogP contribution in [0.25, 0.3) is 0 Å². The fourth-order valence-corrected chi connectivity index (χ4v) is 3.83. The first-order valence-corrected chi connectivity index (χ1v) is 10.9. The van der Waals surface area contributed by atoms with E-state index in [1.165, 1.54) is 30.3 Å². The lowest BCUT2D eigenvalue weighted by atomic mass is 10.2. The molecule has 0 aliphatic carbocycles. The number of carbonyl (C=O) groups excluding carboxylic acids is 1. The van der Waals surface area contributed by atoms with E-state index in [0.29, 0.717) is 27.7 Å². The summed E-state index contributed by atoms with van der Waals surface area (Å²) in [5.74, 6) is -0.0806. The van der Waals surface area contributed by atoms with E-state index in [9.17, 15) is 13.2 Å². The van der Waals surface area contributed by atoms with Gasteiger partial charge in [-0.3, -0.25) is 9.52 Å². The molecule has 0 radical (unpaired) electrons. The average molecular weight is 456 g/mol. The molecule has 3 aromatic rings. The van der Waals surface area contributed by atoms with E-state index < -0.39 is 15.9 Å². The molecule has 0 heterocycles. The second-order valence-corrected chi connectivity index (χ2v) is 8.66. The van der Waals surface area contributed by atoms with Gasteiger partial charge in [-0.1, -0.05) is 23.7 Å². The van der Waals surface area contributed by atoms with E-state index in [0.717, 1.165) is 5.56 Å². The van der Waals surface area contributed by atoms with Crippen molar-refractivity contribution in [1.82, 2.24) is 0 Å². The highest BCUT2D eigenvalue weighted by Gasteiger charge is 2.15. The van der Waals surface area contributed by atoms with E-state index >= 15 is 0 Å². The third-order valence-corrected chi connectivity index (χ3v) is 6.01. The normalized spacial score (nSPS) is 10.7. The summed E-state index contributed by atoms with van der Waals surface area (Å²) in [6, 6.07) is 19.0. The number of nitrogens with one attached hydrogen (secondary N) is 2. The van der Waals surface area contributed by atoms with E-state index in [2.05, 4.69) is 10.0 Å². The Morgan fingerprint density at radius 2 is 1.81 bits per heavy atom. The third kappa shape index (κ3) is 5.98. The molecule has 3 rings (SSSR count). The zero-order chi connectivity index (χ0) is 22.4. The number of ether oxygens (including phenoxy) is 1. The van der Waals surface area contributed by atoms with Crippen molar-refractivity contribution in [2.45, 2.75) is 11.8 Å². The number of anilines is 2. The van der Waals surface area contributed by atoms with Gasteiger partial charge in [-0.05, 0) is 67.1 Å². The summed E-state index contributed by atoms with van der Waals surface area (Å²) in [6.07, 6.45) is 0. The topological polar surface area (TPSA) is 108 Å². The molecule has 0 aromatic heterocycles. The molecule has 0 bridgehead atoms. The van der Waals surface area contributed by atoms with E-state index in [1.54, 1.807) is 36.4 Å². The molecule has 0 saturated heterocycles. The highest BCUT2D eigenvalue weighted by Crippen LogP contribution is 2.23. The monoisotopic (exact) mass is 455 g/mol. The molecule has 0 aliphatic rings. The molecule has 0 saturated carbocycles. The zero-order valence-electron chi connectivity index (χ0n) is 16.4. The number of aryl methyl sites for hydroxylation is 1. The SMILES string of the molecule is Cc1ccc(NS(=O)(=O)c2ccc(OCC(=O)Nc3cccc(C#N)c3)cc2)cc1Cl. The van der Waals surface area contributed by atoms with Gasteiger partial charge >= 0.3 is 0 Å². The molecule has 0 unspecified atom stereocenters. The maximum Gasteiger partial charge on any atom is 0.262 e. The summed E-state index contributed by atoms with van der Waals surface area (Å²) in [7, 11) is -3.81.